The third-order valence-corrected chi connectivity index (χ3v) is 4.88. The van der Waals surface area contributed by atoms with Crippen molar-refractivity contribution in [3.8, 4) is 0 Å². The van der Waals surface area contributed by atoms with E-state index in [0.29, 0.717) is 19.6 Å². The normalized spacial score (nSPS) is 23.4. The summed E-state index contributed by atoms with van der Waals surface area (Å²) in [5.74, 6) is -1.09. The molecule has 1 aliphatic heterocycles. The Hall–Kier alpha value is -1.44. The Morgan fingerprint density at radius 1 is 1.35 bits per heavy atom. The van der Waals surface area contributed by atoms with Crippen LogP contribution in [0.25, 0.3) is 0 Å². The molecular formula is C13H17NO5S. The van der Waals surface area contributed by atoms with Crippen LogP contribution in [-0.4, -0.2) is 38.2 Å². The molecule has 0 amide bonds. The Labute approximate surface area is 117 Å². The predicted molar refractivity (Wildman–Crippen MR) is 72.2 cm³/mol. The molecular weight excluding hydrogens is 282 g/mol. The van der Waals surface area contributed by atoms with Crippen LogP contribution in [0.5, 0.6) is 0 Å². The van der Waals surface area contributed by atoms with Crippen LogP contribution in [-0.2, 0) is 14.8 Å². The topological polar surface area (TPSA) is 92.7 Å². The Balaban J connectivity index is 2.19. The third kappa shape index (κ3) is 3.36. The molecule has 6 nitrogen and oxygen atoms in total. The molecule has 1 atom stereocenters. The highest BCUT2D eigenvalue weighted by Crippen LogP contribution is 2.21. The van der Waals surface area contributed by atoms with Crippen molar-refractivity contribution in [2.75, 3.05) is 13.2 Å². The number of sulfonamides is 1. The van der Waals surface area contributed by atoms with Crippen molar-refractivity contribution in [1.29, 1.82) is 0 Å². The number of benzene rings is 1. The van der Waals surface area contributed by atoms with E-state index in [-0.39, 0.29) is 10.5 Å². The summed E-state index contributed by atoms with van der Waals surface area (Å²) in [6, 6.07) is 5.13. The number of aromatic carboxylic acids is 1. The number of carboxylic acid groups (broad SMARTS) is 1. The molecule has 1 aliphatic rings. The second-order valence-electron chi connectivity index (χ2n) is 5.15. The van der Waals surface area contributed by atoms with Crippen LogP contribution in [0.1, 0.15) is 30.1 Å². The molecule has 1 saturated heterocycles. The van der Waals surface area contributed by atoms with E-state index in [2.05, 4.69) is 4.72 Å². The van der Waals surface area contributed by atoms with Crippen LogP contribution < -0.4 is 4.72 Å². The van der Waals surface area contributed by atoms with Gasteiger partial charge in [-0.25, -0.2) is 17.9 Å². The molecule has 110 valence electrons. The Bertz CT molecular complexity index is 588. The Morgan fingerprint density at radius 3 is 2.50 bits per heavy atom. The number of carbonyl (C=O) groups is 1. The van der Waals surface area contributed by atoms with Gasteiger partial charge in [0.15, 0.2) is 0 Å². The van der Waals surface area contributed by atoms with Gasteiger partial charge in [0.25, 0.3) is 0 Å². The van der Waals surface area contributed by atoms with E-state index in [9.17, 15) is 13.2 Å². The highest BCUT2D eigenvalue weighted by Gasteiger charge is 2.32. The van der Waals surface area contributed by atoms with Crippen molar-refractivity contribution in [2.45, 2.75) is 30.2 Å². The molecule has 20 heavy (non-hydrogen) atoms. The molecule has 0 radical (unpaired) electrons. The number of hydrogen-bond acceptors (Lipinski definition) is 4. The first-order valence-corrected chi connectivity index (χ1v) is 7.76. The molecule has 1 unspecified atom stereocenters. The Kier molecular flexibility index (Phi) is 4.12. The minimum atomic E-state index is -3.68. The highest BCUT2D eigenvalue weighted by molar-refractivity contribution is 7.89. The molecule has 2 rings (SSSR count). The van der Waals surface area contributed by atoms with Crippen LogP contribution in [0.4, 0.5) is 0 Å². The van der Waals surface area contributed by atoms with E-state index in [1.54, 1.807) is 6.92 Å². The number of ether oxygens (including phenoxy) is 1. The largest absolute Gasteiger partial charge is 0.478 e. The fourth-order valence-corrected chi connectivity index (χ4v) is 3.60. The lowest BCUT2D eigenvalue weighted by molar-refractivity contribution is 0.0386. The first-order chi connectivity index (χ1) is 9.32. The van der Waals surface area contributed by atoms with Gasteiger partial charge in [-0.3, -0.25) is 0 Å². The zero-order valence-corrected chi connectivity index (χ0v) is 11.9. The van der Waals surface area contributed by atoms with E-state index in [1.807, 2.05) is 0 Å². The second-order valence-corrected chi connectivity index (χ2v) is 6.83. The van der Waals surface area contributed by atoms with Crippen molar-refractivity contribution < 1.29 is 23.1 Å². The molecule has 1 aromatic carbocycles. The lowest BCUT2D eigenvalue weighted by Crippen LogP contribution is -2.51. The third-order valence-electron chi connectivity index (χ3n) is 3.23. The van der Waals surface area contributed by atoms with Crippen LogP contribution >= 0.6 is 0 Å². The van der Waals surface area contributed by atoms with Crippen molar-refractivity contribution >= 4 is 16.0 Å². The van der Waals surface area contributed by atoms with E-state index in [0.717, 1.165) is 6.42 Å². The van der Waals surface area contributed by atoms with Crippen LogP contribution in [0.2, 0.25) is 0 Å². The van der Waals surface area contributed by atoms with Gasteiger partial charge >= 0.3 is 5.97 Å². The molecule has 1 aromatic rings. The standard InChI is InChI=1S/C13H17NO5S/c1-13(7-2-8-19-9-13)14-20(17,18)11-5-3-10(4-6-11)12(15)16/h3-6,14H,2,7-9H2,1H3,(H,15,16). The van der Waals surface area contributed by atoms with Gasteiger partial charge in [0.05, 0.1) is 22.6 Å². The Morgan fingerprint density at radius 2 is 2.00 bits per heavy atom. The molecule has 0 bridgehead atoms. The van der Waals surface area contributed by atoms with Gasteiger partial charge in [-0.1, -0.05) is 0 Å². The molecule has 7 heteroatoms. The lowest BCUT2D eigenvalue weighted by Gasteiger charge is -2.33. The van der Waals surface area contributed by atoms with Crippen molar-refractivity contribution in [3.63, 3.8) is 0 Å². The molecule has 0 aliphatic carbocycles. The van der Waals surface area contributed by atoms with E-state index < -0.39 is 21.5 Å². The summed E-state index contributed by atoms with van der Waals surface area (Å²) in [6.07, 6.45) is 1.51. The van der Waals surface area contributed by atoms with Crippen molar-refractivity contribution in [3.05, 3.63) is 29.8 Å². The van der Waals surface area contributed by atoms with E-state index in [4.69, 9.17) is 9.84 Å². The smallest absolute Gasteiger partial charge is 0.335 e. The van der Waals surface area contributed by atoms with Gasteiger partial charge in [-0.05, 0) is 44.0 Å². The number of carboxylic acids is 1. The summed E-state index contributed by atoms with van der Waals surface area (Å²) in [4.78, 5) is 10.8. The van der Waals surface area contributed by atoms with Crippen LogP contribution in [0, 0.1) is 0 Å². The lowest BCUT2D eigenvalue weighted by atomic mass is 9.97. The summed E-state index contributed by atoms with van der Waals surface area (Å²) < 4.78 is 32.5. The van der Waals surface area contributed by atoms with Crippen molar-refractivity contribution in [2.24, 2.45) is 0 Å². The van der Waals surface area contributed by atoms with Crippen molar-refractivity contribution in [1.82, 2.24) is 4.72 Å². The fourth-order valence-electron chi connectivity index (χ4n) is 2.17. The number of rotatable bonds is 4. The van der Waals surface area contributed by atoms with Gasteiger partial charge in [-0.2, -0.15) is 0 Å². The van der Waals surface area contributed by atoms with Gasteiger partial charge < -0.3 is 9.84 Å². The highest BCUT2D eigenvalue weighted by atomic mass is 32.2. The minimum absolute atomic E-state index is 0.0503. The summed E-state index contributed by atoms with van der Waals surface area (Å²) in [5.41, 5.74) is -0.570. The maximum absolute atomic E-state index is 12.3. The van der Waals surface area contributed by atoms with Gasteiger partial charge in [0.1, 0.15) is 0 Å². The van der Waals surface area contributed by atoms with E-state index in [1.165, 1.54) is 24.3 Å². The first-order valence-electron chi connectivity index (χ1n) is 6.28. The maximum atomic E-state index is 12.3. The first kappa shape index (κ1) is 15.0. The van der Waals surface area contributed by atoms with E-state index >= 15 is 0 Å². The molecule has 0 aromatic heterocycles. The van der Waals surface area contributed by atoms with Gasteiger partial charge in [-0.15, -0.1) is 0 Å². The average molecular weight is 299 g/mol. The monoisotopic (exact) mass is 299 g/mol. The quantitative estimate of drug-likeness (QED) is 0.872. The zero-order valence-electron chi connectivity index (χ0n) is 11.1. The molecule has 0 spiro atoms. The summed E-state index contributed by atoms with van der Waals surface area (Å²) in [6.45, 7) is 2.78. The molecule has 2 N–H and O–H groups in total. The maximum Gasteiger partial charge on any atom is 0.335 e. The summed E-state index contributed by atoms with van der Waals surface area (Å²) in [5, 5.41) is 8.80. The molecule has 1 heterocycles. The summed E-state index contributed by atoms with van der Waals surface area (Å²) in [7, 11) is -3.68. The SMILES string of the molecule is CC1(NS(=O)(=O)c2ccc(C(=O)O)cc2)CCCOC1. The van der Waals surface area contributed by atoms with Crippen LogP contribution in [0.3, 0.4) is 0 Å². The average Bonchev–Trinajstić information content (AvgIpc) is 2.38. The predicted octanol–water partition coefficient (Wildman–Crippen LogP) is 1.23. The molecule has 0 saturated carbocycles. The fraction of sp³-hybridized carbons (Fsp3) is 0.462. The minimum Gasteiger partial charge on any atom is -0.478 e. The molecule has 1 fully saturated rings. The van der Waals surface area contributed by atoms with Gasteiger partial charge in [0.2, 0.25) is 10.0 Å². The summed E-state index contributed by atoms with van der Waals surface area (Å²) >= 11 is 0. The zero-order chi connectivity index (χ0) is 14.8. The number of hydrogen-bond donors (Lipinski definition) is 2. The van der Waals surface area contributed by atoms with Crippen LogP contribution in [0.15, 0.2) is 29.2 Å². The second kappa shape index (κ2) is 5.51. The van der Waals surface area contributed by atoms with Gasteiger partial charge in [0, 0.05) is 6.61 Å². The number of nitrogens with one attached hydrogen (secondary N) is 1.